The second kappa shape index (κ2) is 11.2. The minimum atomic E-state index is -0.119. The monoisotopic (exact) mass is 456 g/mol. The van der Waals surface area contributed by atoms with E-state index in [9.17, 15) is 9.59 Å². The zero-order valence-corrected chi connectivity index (χ0v) is 19.6. The molecule has 0 aliphatic heterocycles. The maximum atomic E-state index is 13.1. The summed E-state index contributed by atoms with van der Waals surface area (Å²) < 4.78 is 17.8. The van der Waals surface area contributed by atoms with Gasteiger partial charge in [0, 0.05) is 19.2 Å². The van der Waals surface area contributed by atoms with Crippen LogP contribution in [-0.4, -0.2) is 48.0 Å². The van der Waals surface area contributed by atoms with E-state index in [-0.39, 0.29) is 23.2 Å². The molecular formula is C24H28N2O5S. The number of carbonyl (C=O) groups is 1. The summed E-state index contributed by atoms with van der Waals surface area (Å²) in [5.74, 6) is 1.06. The number of methoxy groups -OCH3 is 2. The van der Waals surface area contributed by atoms with Crippen LogP contribution in [-0.2, 0) is 11.3 Å². The lowest BCUT2D eigenvalue weighted by atomic mass is 10.1. The van der Waals surface area contributed by atoms with E-state index in [1.54, 1.807) is 42.0 Å². The molecule has 0 aliphatic carbocycles. The molecule has 0 fully saturated rings. The van der Waals surface area contributed by atoms with E-state index in [0.717, 1.165) is 0 Å². The van der Waals surface area contributed by atoms with Crippen LogP contribution < -0.4 is 15.0 Å². The van der Waals surface area contributed by atoms with Crippen LogP contribution in [0.3, 0.4) is 0 Å². The fraction of sp³-hybridized carbons (Fsp3) is 0.375. The van der Waals surface area contributed by atoms with Crippen molar-refractivity contribution in [3.05, 3.63) is 58.4 Å². The Labute approximate surface area is 191 Å². The first kappa shape index (κ1) is 23.8. The third-order valence-electron chi connectivity index (χ3n) is 4.85. The van der Waals surface area contributed by atoms with Crippen LogP contribution in [0.1, 0.15) is 30.6 Å². The molecule has 0 bridgehead atoms. The molecule has 32 heavy (non-hydrogen) atoms. The second-order valence-electron chi connectivity index (χ2n) is 7.42. The highest BCUT2D eigenvalue weighted by molar-refractivity contribution is 7.99. The van der Waals surface area contributed by atoms with Crippen LogP contribution in [0.2, 0.25) is 0 Å². The number of fused-ring (bicyclic) bond motifs is 1. The number of para-hydroxylation sites is 1. The lowest BCUT2D eigenvalue weighted by Crippen LogP contribution is -2.24. The van der Waals surface area contributed by atoms with Crippen LogP contribution in [0.5, 0.6) is 11.5 Å². The fourth-order valence-corrected chi connectivity index (χ4v) is 4.14. The van der Waals surface area contributed by atoms with Gasteiger partial charge in [-0.2, -0.15) is 0 Å². The molecule has 0 aliphatic rings. The summed E-state index contributed by atoms with van der Waals surface area (Å²) in [7, 11) is 3.07. The quantitative estimate of drug-likeness (QED) is 0.185. The lowest BCUT2D eigenvalue weighted by Gasteiger charge is -2.14. The van der Waals surface area contributed by atoms with Crippen LogP contribution in [0.15, 0.2) is 52.4 Å². The van der Waals surface area contributed by atoms with Crippen LogP contribution in [0, 0.1) is 0 Å². The molecule has 0 amide bonds. The zero-order chi connectivity index (χ0) is 23.1. The van der Waals surface area contributed by atoms with Gasteiger partial charge in [-0.1, -0.05) is 23.9 Å². The summed E-state index contributed by atoms with van der Waals surface area (Å²) in [5.41, 5.74) is 0.960. The van der Waals surface area contributed by atoms with E-state index in [1.165, 1.54) is 18.9 Å². The Morgan fingerprint density at radius 1 is 1.12 bits per heavy atom. The zero-order valence-electron chi connectivity index (χ0n) is 18.8. The second-order valence-corrected chi connectivity index (χ2v) is 8.36. The van der Waals surface area contributed by atoms with Crippen molar-refractivity contribution in [2.24, 2.45) is 0 Å². The number of ketones is 1. The number of hydrogen-bond acceptors (Lipinski definition) is 7. The summed E-state index contributed by atoms with van der Waals surface area (Å²) in [6.45, 7) is 4.96. The molecular weight excluding hydrogens is 428 g/mol. The van der Waals surface area contributed by atoms with Crippen molar-refractivity contribution in [2.45, 2.75) is 38.1 Å². The summed E-state index contributed by atoms with van der Waals surface area (Å²) in [6.07, 6.45) is 0.804. The molecule has 0 saturated carbocycles. The molecule has 0 saturated heterocycles. The molecule has 0 N–H and O–H groups in total. The number of thioether (sulfide) groups is 1. The number of ether oxygens (including phenoxy) is 3. The van der Waals surface area contributed by atoms with Gasteiger partial charge in [0.05, 0.1) is 42.5 Å². The number of hydrogen-bond donors (Lipinski definition) is 0. The number of benzene rings is 2. The van der Waals surface area contributed by atoms with E-state index in [1.807, 2.05) is 26.0 Å². The molecule has 2 aromatic carbocycles. The highest BCUT2D eigenvalue weighted by atomic mass is 32.2. The van der Waals surface area contributed by atoms with E-state index >= 15 is 0 Å². The van der Waals surface area contributed by atoms with Crippen molar-refractivity contribution in [3.8, 4) is 11.5 Å². The van der Waals surface area contributed by atoms with Crippen molar-refractivity contribution < 1.29 is 19.0 Å². The number of carbonyl (C=O) groups excluding carboxylic acids is 1. The Morgan fingerprint density at radius 2 is 1.91 bits per heavy atom. The molecule has 3 rings (SSSR count). The smallest absolute Gasteiger partial charge is 0.262 e. The molecule has 0 atom stereocenters. The van der Waals surface area contributed by atoms with Crippen LogP contribution >= 0.6 is 11.8 Å². The minimum Gasteiger partial charge on any atom is -0.497 e. The summed E-state index contributed by atoms with van der Waals surface area (Å²) in [4.78, 5) is 30.7. The Morgan fingerprint density at radius 3 is 2.62 bits per heavy atom. The van der Waals surface area contributed by atoms with E-state index in [0.29, 0.717) is 52.7 Å². The van der Waals surface area contributed by atoms with E-state index in [2.05, 4.69) is 4.98 Å². The van der Waals surface area contributed by atoms with Crippen molar-refractivity contribution in [1.29, 1.82) is 0 Å². The van der Waals surface area contributed by atoms with Crippen LogP contribution in [0.25, 0.3) is 10.9 Å². The molecule has 0 spiro atoms. The van der Waals surface area contributed by atoms with Gasteiger partial charge < -0.3 is 14.2 Å². The highest BCUT2D eigenvalue weighted by Gasteiger charge is 2.17. The maximum Gasteiger partial charge on any atom is 0.262 e. The molecule has 8 heteroatoms. The number of aromatic nitrogens is 2. The third kappa shape index (κ3) is 5.69. The predicted octanol–water partition coefficient (Wildman–Crippen LogP) is 4.20. The van der Waals surface area contributed by atoms with Gasteiger partial charge in [-0.3, -0.25) is 14.2 Å². The summed E-state index contributed by atoms with van der Waals surface area (Å²) >= 11 is 1.25. The first-order valence-electron chi connectivity index (χ1n) is 10.4. The largest absolute Gasteiger partial charge is 0.497 e. The normalized spacial score (nSPS) is 11.2. The van der Waals surface area contributed by atoms with Crippen molar-refractivity contribution in [2.75, 3.05) is 26.6 Å². The topological polar surface area (TPSA) is 79.7 Å². The first-order valence-corrected chi connectivity index (χ1v) is 11.4. The molecule has 0 unspecified atom stereocenters. The number of Topliss-reactive ketones (excluding diaryl/α,β-unsaturated/α-hetero) is 1. The van der Waals surface area contributed by atoms with Gasteiger partial charge in [-0.25, -0.2) is 4.98 Å². The minimum absolute atomic E-state index is 0.114. The van der Waals surface area contributed by atoms with Crippen molar-refractivity contribution in [1.82, 2.24) is 9.55 Å². The third-order valence-corrected chi connectivity index (χ3v) is 5.82. The Bertz CT molecular complexity index is 1140. The molecule has 1 heterocycles. The SMILES string of the molecule is COc1ccc(C(=O)CSc2nc3ccccc3c(=O)n2CCCOC(C)C)c(OC)c1. The van der Waals surface area contributed by atoms with E-state index < -0.39 is 0 Å². The average Bonchev–Trinajstić information content (AvgIpc) is 2.80. The number of rotatable bonds is 11. The molecule has 1 aromatic heterocycles. The van der Waals surface area contributed by atoms with Crippen LogP contribution in [0.4, 0.5) is 0 Å². The van der Waals surface area contributed by atoms with Crippen molar-refractivity contribution >= 4 is 28.4 Å². The molecule has 3 aromatic rings. The standard InChI is InChI=1S/C24H28N2O5S/c1-16(2)31-13-7-12-26-23(28)18-8-5-6-9-20(18)25-24(26)32-15-21(27)19-11-10-17(29-3)14-22(19)30-4/h5-6,8-11,14,16H,7,12-13,15H2,1-4H3. The fourth-order valence-electron chi connectivity index (χ4n) is 3.23. The molecule has 7 nitrogen and oxygen atoms in total. The highest BCUT2D eigenvalue weighted by Crippen LogP contribution is 2.27. The molecule has 0 radical (unpaired) electrons. The Balaban J connectivity index is 1.84. The number of nitrogens with zero attached hydrogens (tertiary/aromatic N) is 2. The maximum absolute atomic E-state index is 13.1. The Hall–Kier alpha value is -2.84. The van der Waals surface area contributed by atoms with Crippen molar-refractivity contribution in [3.63, 3.8) is 0 Å². The Kier molecular flexibility index (Phi) is 8.30. The average molecular weight is 457 g/mol. The van der Waals surface area contributed by atoms with Gasteiger partial charge in [0.2, 0.25) is 0 Å². The predicted molar refractivity (Wildman–Crippen MR) is 126 cm³/mol. The van der Waals surface area contributed by atoms with Gasteiger partial charge in [0.1, 0.15) is 11.5 Å². The van der Waals surface area contributed by atoms with Gasteiger partial charge in [0.15, 0.2) is 10.9 Å². The van der Waals surface area contributed by atoms with E-state index in [4.69, 9.17) is 14.2 Å². The summed E-state index contributed by atoms with van der Waals surface area (Å²) in [5, 5.41) is 1.07. The first-order chi connectivity index (χ1) is 15.4. The van der Waals surface area contributed by atoms with Gasteiger partial charge >= 0.3 is 0 Å². The van der Waals surface area contributed by atoms with Gasteiger partial charge in [-0.05, 0) is 44.5 Å². The van der Waals surface area contributed by atoms with Gasteiger partial charge in [-0.15, -0.1) is 0 Å². The van der Waals surface area contributed by atoms with Gasteiger partial charge in [0.25, 0.3) is 5.56 Å². The summed E-state index contributed by atoms with van der Waals surface area (Å²) in [6, 6.07) is 12.3. The molecule has 170 valence electrons. The lowest BCUT2D eigenvalue weighted by molar-refractivity contribution is 0.0743.